The highest BCUT2D eigenvalue weighted by molar-refractivity contribution is 6.30. The molecule has 0 aliphatic carbocycles. The number of halogens is 3. The first kappa shape index (κ1) is 13.8. The fourth-order valence-electron chi connectivity index (χ4n) is 2.16. The Labute approximate surface area is 107 Å². The third-order valence-electron chi connectivity index (χ3n) is 3.08. The largest absolute Gasteiger partial charge is 0.307 e. The first-order chi connectivity index (χ1) is 7.10. The van der Waals surface area contributed by atoms with E-state index in [9.17, 15) is 4.39 Å². The maximum absolute atomic E-state index is 13.4. The Balaban J connectivity index is 0.00000128. The molecule has 2 unspecified atom stereocenters. The normalized spacial score (nSPS) is 29.6. The number of alkyl halides is 1. The molecule has 0 radical (unpaired) electrons. The molecule has 1 aromatic carbocycles. The Morgan fingerprint density at radius 3 is 2.56 bits per heavy atom. The van der Waals surface area contributed by atoms with Gasteiger partial charge in [0.15, 0.2) is 0 Å². The summed E-state index contributed by atoms with van der Waals surface area (Å²) in [7, 11) is 0. The maximum atomic E-state index is 13.4. The van der Waals surface area contributed by atoms with Crippen molar-refractivity contribution in [2.75, 3.05) is 6.54 Å². The summed E-state index contributed by atoms with van der Waals surface area (Å²) in [6.07, 6.45) is 0.449. The number of nitrogens with one attached hydrogen (secondary N) is 1. The zero-order chi connectivity index (χ0) is 10.9. The minimum atomic E-state index is -0.702. The van der Waals surface area contributed by atoms with Crippen molar-refractivity contribution in [2.24, 2.45) is 0 Å². The van der Waals surface area contributed by atoms with E-state index in [1.54, 1.807) is 0 Å². The van der Waals surface area contributed by atoms with Gasteiger partial charge >= 0.3 is 0 Å². The molecule has 2 atom stereocenters. The highest BCUT2D eigenvalue weighted by Gasteiger charge is 2.33. The second-order valence-electron chi connectivity index (χ2n) is 4.36. The van der Waals surface area contributed by atoms with Crippen LogP contribution in [0, 0.1) is 0 Å². The molecule has 2 rings (SSSR count). The van der Waals surface area contributed by atoms with Crippen molar-refractivity contribution in [3.63, 3.8) is 0 Å². The zero-order valence-corrected chi connectivity index (χ0v) is 10.7. The molecule has 1 aliphatic rings. The summed E-state index contributed by atoms with van der Waals surface area (Å²) in [6, 6.07) is 7.64. The summed E-state index contributed by atoms with van der Waals surface area (Å²) in [4.78, 5) is 0. The Hall–Kier alpha value is -0.310. The smallest absolute Gasteiger partial charge is 0.103 e. The molecule has 0 aromatic heterocycles. The van der Waals surface area contributed by atoms with Crippen molar-refractivity contribution < 1.29 is 4.39 Å². The lowest BCUT2D eigenvalue weighted by molar-refractivity contribution is 0.165. The third kappa shape index (κ3) is 2.88. The topological polar surface area (TPSA) is 12.0 Å². The minimum absolute atomic E-state index is 0. The summed E-state index contributed by atoms with van der Waals surface area (Å²) in [6.45, 7) is 2.78. The second-order valence-corrected chi connectivity index (χ2v) is 4.79. The first-order valence-corrected chi connectivity index (χ1v) is 5.63. The van der Waals surface area contributed by atoms with Gasteiger partial charge in [0.05, 0.1) is 0 Å². The van der Waals surface area contributed by atoms with Gasteiger partial charge in [-0.2, -0.15) is 0 Å². The standard InChI is InChI=1S/C12H15ClFN.ClH/c1-12(8-11(14)6-7-15-12)9-2-4-10(13)5-3-9;/h2-5,11,15H,6-8H2,1H3;1H. The van der Waals surface area contributed by atoms with Gasteiger partial charge in [0.1, 0.15) is 6.17 Å². The minimum Gasteiger partial charge on any atom is -0.307 e. The summed E-state index contributed by atoms with van der Waals surface area (Å²) in [5.41, 5.74) is 0.858. The van der Waals surface area contributed by atoms with Crippen LogP contribution in [0.3, 0.4) is 0 Å². The van der Waals surface area contributed by atoms with E-state index in [0.717, 1.165) is 17.1 Å². The number of piperidine rings is 1. The Kier molecular flexibility index (Phi) is 4.60. The van der Waals surface area contributed by atoms with Gasteiger partial charge in [-0.3, -0.25) is 0 Å². The maximum Gasteiger partial charge on any atom is 0.103 e. The molecule has 1 nitrogen and oxygen atoms in total. The van der Waals surface area contributed by atoms with Crippen molar-refractivity contribution >= 4 is 24.0 Å². The molecule has 0 bridgehead atoms. The molecule has 1 fully saturated rings. The van der Waals surface area contributed by atoms with Crippen molar-refractivity contribution in [1.82, 2.24) is 5.32 Å². The molecule has 1 heterocycles. The van der Waals surface area contributed by atoms with Crippen molar-refractivity contribution in [2.45, 2.75) is 31.5 Å². The van der Waals surface area contributed by atoms with E-state index in [-0.39, 0.29) is 17.9 Å². The summed E-state index contributed by atoms with van der Waals surface area (Å²) in [5, 5.41) is 4.10. The van der Waals surface area contributed by atoms with Crippen LogP contribution < -0.4 is 5.32 Å². The van der Waals surface area contributed by atoms with Gasteiger partial charge in [0, 0.05) is 17.0 Å². The monoisotopic (exact) mass is 263 g/mol. The van der Waals surface area contributed by atoms with Crippen LogP contribution in [0.4, 0.5) is 4.39 Å². The van der Waals surface area contributed by atoms with Crippen LogP contribution in [0.15, 0.2) is 24.3 Å². The summed E-state index contributed by atoms with van der Waals surface area (Å²) < 4.78 is 13.4. The number of hydrogen-bond acceptors (Lipinski definition) is 1. The highest BCUT2D eigenvalue weighted by atomic mass is 35.5. The molecule has 1 aliphatic heterocycles. The van der Waals surface area contributed by atoms with Gasteiger partial charge in [0.2, 0.25) is 0 Å². The molecule has 1 N–H and O–H groups in total. The second kappa shape index (κ2) is 5.35. The molecule has 1 saturated heterocycles. The SMILES string of the molecule is CC1(c2ccc(Cl)cc2)CC(F)CCN1.Cl. The quantitative estimate of drug-likeness (QED) is 0.815. The lowest BCUT2D eigenvalue weighted by Gasteiger charge is -2.37. The van der Waals surface area contributed by atoms with Crippen LogP contribution in [-0.2, 0) is 5.54 Å². The van der Waals surface area contributed by atoms with Crippen molar-refractivity contribution in [1.29, 1.82) is 0 Å². The van der Waals surface area contributed by atoms with Crippen LogP contribution in [0.5, 0.6) is 0 Å². The zero-order valence-electron chi connectivity index (χ0n) is 9.17. The van der Waals surface area contributed by atoms with E-state index in [1.165, 1.54) is 0 Å². The Morgan fingerprint density at radius 2 is 2.00 bits per heavy atom. The number of rotatable bonds is 1. The van der Waals surface area contributed by atoms with Crippen LogP contribution in [-0.4, -0.2) is 12.7 Å². The molecule has 1 aromatic rings. The average Bonchev–Trinajstić information content (AvgIpc) is 2.18. The van der Waals surface area contributed by atoms with Gasteiger partial charge in [-0.05, 0) is 37.6 Å². The van der Waals surface area contributed by atoms with E-state index < -0.39 is 6.17 Å². The fourth-order valence-corrected chi connectivity index (χ4v) is 2.29. The fraction of sp³-hybridized carbons (Fsp3) is 0.500. The van der Waals surface area contributed by atoms with Crippen molar-refractivity contribution in [3.8, 4) is 0 Å². The summed E-state index contributed by atoms with van der Waals surface area (Å²) >= 11 is 5.83. The predicted octanol–water partition coefficient (Wildman–Crippen LogP) is 3.70. The van der Waals surface area contributed by atoms with Gasteiger partial charge in [-0.1, -0.05) is 23.7 Å². The molecular weight excluding hydrogens is 248 g/mol. The first-order valence-electron chi connectivity index (χ1n) is 5.25. The predicted molar refractivity (Wildman–Crippen MR) is 68.2 cm³/mol. The van der Waals surface area contributed by atoms with E-state index >= 15 is 0 Å². The lowest BCUT2D eigenvalue weighted by Crippen LogP contribution is -2.46. The molecule has 16 heavy (non-hydrogen) atoms. The van der Waals surface area contributed by atoms with E-state index in [1.807, 2.05) is 31.2 Å². The van der Waals surface area contributed by atoms with Gasteiger partial charge in [-0.15, -0.1) is 12.4 Å². The van der Waals surface area contributed by atoms with E-state index in [2.05, 4.69) is 5.32 Å². The lowest BCUT2D eigenvalue weighted by atomic mass is 9.83. The van der Waals surface area contributed by atoms with Gasteiger partial charge in [-0.25, -0.2) is 4.39 Å². The van der Waals surface area contributed by atoms with Crippen LogP contribution in [0.1, 0.15) is 25.3 Å². The van der Waals surface area contributed by atoms with Gasteiger partial charge in [0.25, 0.3) is 0 Å². The highest BCUT2D eigenvalue weighted by Crippen LogP contribution is 2.31. The van der Waals surface area contributed by atoms with Crippen LogP contribution in [0.2, 0.25) is 5.02 Å². The molecule has 0 saturated carbocycles. The molecule has 90 valence electrons. The third-order valence-corrected chi connectivity index (χ3v) is 3.34. The Bertz CT molecular complexity index is 341. The van der Waals surface area contributed by atoms with E-state index in [0.29, 0.717) is 12.8 Å². The molecular formula is C12H16Cl2FN. The molecule has 0 amide bonds. The van der Waals surface area contributed by atoms with Crippen LogP contribution in [0.25, 0.3) is 0 Å². The van der Waals surface area contributed by atoms with E-state index in [4.69, 9.17) is 11.6 Å². The van der Waals surface area contributed by atoms with Crippen LogP contribution >= 0.6 is 24.0 Å². The summed E-state index contributed by atoms with van der Waals surface area (Å²) in [5.74, 6) is 0. The molecule has 0 spiro atoms. The average molecular weight is 264 g/mol. The van der Waals surface area contributed by atoms with Crippen molar-refractivity contribution in [3.05, 3.63) is 34.9 Å². The molecule has 4 heteroatoms. The van der Waals surface area contributed by atoms with Gasteiger partial charge < -0.3 is 5.32 Å². The number of hydrogen-bond donors (Lipinski definition) is 1. The Morgan fingerprint density at radius 1 is 1.38 bits per heavy atom. The number of benzene rings is 1.